The summed E-state index contributed by atoms with van der Waals surface area (Å²) in [5.41, 5.74) is 9.60. The minimum atomic E-state index is -1.76. The van der Waals surface area contributed by atoms with Crippen molar-refractivity contribution < 1.29 is 0 Å². The maximum absolute atomic E-state index is 2.46. The van der Waals surface area contributed by atoms with E-state index in [1.165, 1.54) is 63.9 Å². The molecular formula is C48H34N2S. The molecule has 0 radical (unpaired) electrons. The van der Waals surface area contributed by atoms with Crippen LogP contribution in [0.5, 0.6) is 0 Å². The molecule has 0 saturated heterocycles. The molecule has 2 nitrogen and oxygen atoms in total. The van der Waals surface area contributed by atoms with E-state index in [0.717, 1.165) is 11.4 Å². The maximum Gasteiger partial charge on any atom is 0.0592 e. The van der Waals surface area contributed by atoms with Gasteiger partial charge in [0.25, 0.3) is 0 Å². The van der Waals surface area contributed by atoms with Crippen molar-refractivity contribution in [2.45, 2.75) is 19.6 Å². The van der Waals surface area contributed by atoms with Gasteiger partial charge in [-0.3, -0.25) is 0 Å². The highest BCUT2D eigenvalue weighted by Gasteiger charge is 2.42. The Labute approximate surface area is 299 Å². The third-order valence-corrected chi connectivity index (χ3v) is 14.2. The van der Waals surface area contributed by atoms with Gasteiger partial charge in [0.1, 0.15) is 0 Å². The number of aromatic nitrogens is 1. The van der Waals surface area contributed by atoms with E-state index >= 15 is 0 Å². The van der Waals surface area contributed by atoms with Crippen LogP contribution in [0.4, 0.5) is 17.1 Å². The second kappa shape index (κ2) is 11.9. The zero-order valence-corrected chi connectivity index (χ0v) is 28.7. The Hall–Kier alpha value is -6.29. The zero-order valence-electron chi connectivity index (χ0n) is 27.9. The van der Waals surface area contributed by atoms with Crippen LogP contribution in [0, 0.1) is 0 Å². The fourth-order valence-electron chi connectivity index (χ4n) is 8.03. The minimum absolute atomic E-state index is 1.15. The molecule has 1 aromatic heterocycles. The second-order valence-electron chi connectivity index (χ2n) is 13.0. The second-order valence-corrected chi connectivity index (χ2v) is 16.0. The quantitative estimate of drug-likeness (QED) is 0.177. The van der Waals surface area contributed by atoms with Gasteiger partial charge >= 0.3 is 0 Å². The minimum Gasteiger partial charge on any atom is -0.309 e. The van der Waals surface area contributed by atoms with E-state index in [1.807, 2.05) is 0 Å². The number of hydrogen-bond donors (Lipinski definition) is 0. The van der Waals surface area contributed by atoms with E-state index in [0.29, 0.717) is 0 Å². The van der Waals surface area contributed by atoms with E-state index in [4.69, 9.17) is 0 Å². The number of para-hydroxylation sites is 4. The number of benzene rings is 8. The summed E-state index contributed by atoms with van der Waals surface area (Å²) >= 11 is 0. The molecule has 0 N–H and O–H groups in total. The van der Waals surface area contributed by atoms with Crippen molar-refractivity contribution in [3.05, 3.63) is 206 Å². The van der Waals surface area contributed by atoms with Gasteiger partial charge < -0.3 is 9.47 Å². The number of anilines is 3. The van der Waals surface area contributed by atoms with Crippen LogP contribution < -0.4 is 4.90 Å². The lowest BCUT2D eigenvalue weighted by Crippen LogP contribution is -2.21. The molecule has 0 saturated carbocycles. The molecule has 0 spiro atoms. The summed E-state index contributed by atoms with van der Waals surface area (Å²) in [4.78, 5) is 7.85. The Kier molecular flexibility index (Phi) is 6.93. The van der Waals surface area contributed by atoms with E-state index in [1.54, 1.807) is 0 Å². The number of rotatable bonds is 5. The number of nitrogens with zero attached hydrogens (tertiary/aromatic N) is 2. The van der Waals surface area contributed by atoms with E-state index in [-0.39, 0.29) is 0 Å². The summed E-state index contributed by atoms with van der Waals surface area (Å²) in [6, 6.07) is 75.6. The highest BCUT2D eigenvalue weighted by molar-refractivity contribution is 8.34. The van der Waals surface area contributed by atoms with Crippen molar-refractivity contribution >= 4 is 48.9 Å². The summed E-state index contributed by atoms with van der Waals surface area (Å²) in [6.45, 7) is 0. The average Bonchev–Trinajstić information content (AvgIpc) is 3.55. The Morgan fingerprint density at radius 2 is 0.706 bits per heavy atom. The van der Waals surface area contributed by atoms with Crippen molar-refractivity contribution in [3.63, 3.8) is 0 Å². The van der Waals surface area contributed by atoms with Crippen LogP contribution >= 0.6 is 10.0 Å². The van der Waals surface area contributed by atoms with Gasteiger partial charge in [-0.25, -0.2) is 0 Å². The predicted octanol–water partition coefficient (Wildman–Crippen LogP) is 13.6. The summed E-state index contributed by atoms with van der Waals surface area (Å²) in [5.74, 6) is 0. The lowest BCUT2D eigenvalue weighted by Gasteiger charge is -2.49. The van der Waals surface area contributed by atoms with Crippen LogP contribution in [0.1, 0.15) is 0 Å². The highest BCUT2D eigenvalue weighted by atomic mass is 32.3. The van der Waals surface area contributed by atoms with Gasteiger partial charge in [0.05, 0.1) is 22.4 Å². The van der Waals surface area contributed by atoms with Gasteiger partial charge in [-0.15, -0.1) is 10.0 Å². The first kappa shape index (κ1) is 29.6. The zero-order chi connectivity index (χ0) is 33.8. The van der Waals surface area contributed by atoms with Crippen LogP contribution in [0.3, 0.4) is 0 Å². The smallest absolute Gasteiger partial charge is 0.0592 e. The van der Waals surface area contributed by atoms with Crippen LogP contribution in [-0.2, 0) is 0 Å². The molecule has 1 aliphatic heterocycles. The van der Waals surface area contributed by atoms with Gasteiger partial charge in [-0.05, 0) is 96.1 Å². The normalized spacial score (nSPS) is 13.8. The third kappa shape index (κ3) is 4.52. The van der Waals surface area contributed by atoms with Crippen molar-refractivity contribution in [1.82, 2.24) is 4.57 Å². The van der Waals surface area contributed by atoms with Crippen molar-refractivity contribution in [1.29, 1.82) is 0 Å². The molecular weight excluding hydrogens is 637 g/mol. The van der Waals surface area contributed by atoms with E-state index in [9.17, 15) is 0 Å². The van der Waals surface area contributed by atoms with Crippen molar-refractivity contribution in [2.75, 3.05) is 4.90 Å². The Morgan fingerprint density at radius 3 is 1.20 bits per heavy atom. The summed E-state index contributed by atoms with van der Waals surface area (Å²) in [5, 5.41) is 2.56. The highest BCUT2D eigenvalue weighted by Crippen LogP contribution is 2.79. The van der Waals surface area contributed by atoms with Crippen LogP contribution in [0.15, 0.2) is 226 Å². The Bertz CT molecular complexity index is 2530. The van der Waals surface area contributed by atoms with Crippen molar-refractivity contribution in [2.24, 2.45) is 0 Å². The first-order valence-electron chi connectivity index (χ1n) is 17.4. The predicted molar refractivity (Wildman–Crippen MR) is 214 cm³/mol. The van der Waals surface area contributed by atoms with Gasteiger partial charge in [-0.1, -0.05) is 121 Å². The molecule has 0 amide bonds. The van der Waals surface area contributed by atoms with Crippen LogP contribution in [0.2, 0.25) is 0 Å². The third-order valence-electron chi connectivity index (χ3n) is 10.2. The molecule has 3 heteroatoms. The molecule has 8 aromatic carbocycles. The molecule has 0 bridgehead atoms. The summed E-state index contributed by atoms with van der Waals surface area (Å²) in [7, 11) is -1.76. The molecule has 2 heterocycles. The first-order valence-corrected chi connectivity index (χ1v) is 19.1. The topological polar surface area (TPSA) is 8.17 Å². The summed E-state index contributed by atoms with van der Waals surface area (Å²) < 4.78 is 2.37. The molecule has 0 atom stereocenters. The summed E-state index contributed by atoms with van der Waals surface area (Å²) in [6.07, 6.45) is 0. The molecule has 1 aliphatic rings. The lowest BCUT2D eigenvalue weighted by atomic mass is 10.0. The lowest BCUT2D eigenvalue weighted by molar-refractivity contribution is 1.12. The molecule has 51 heavy (non-hydrogen) atoms. The molecule has 10 rings (SSSR count). The first-order chi connectivity index (χ1) is 25.3. The molecule has 0 fully saturated rings. The van der Waals surface area contributed by atoms with E-state index in [2.05, 4.69) is 216 Å². The molecule has 242 valence electrons. The monoisotopic (exact) mass is 670 g/mol. The number of fused-ring (bicyclic) bond motifs is 5. The van der Waals surface area contributed by atoms with Gasteiger partial charge in [0.15, 0.2) is 0 Å². The fraction of sp³-hybridized carbons (Fsp3) is 0. The Morgan fingerprint density at radius 1 is 0.314 bits per heavy atom. The van der Waals surface area contributed by atoms with E-state index < -0.39 is 10.0 Å². The molecule has 0 unspecified atom stereocenters. The maximum atomic E-state index is 2.46. The molecule has 9 aromatic rings. The largest absolute Gasteiger partial charge is 0.309 e. The van der Waals surface area contributed by atoms with Crippen LogP contribution in [-0.4, -0.2) is 4.57 Å². The van der Waals surface area contributed by atoms with Gasteiger partial charge in [0, 0.05) is 41.7 Å². The average molecular weight is 671 g/mol. The van der Waals surface area contributed by atoms with Crippen LogP contribution in [0.25, 0.3) is 38.6 Å². The fourth-order valence-corrected chi connectivity index (χ4v) is 12.2. The SMILES string of the molecule is c1ccc(S2(c3ccccc3)c3ccccc3N(c3ccc(-c4ccc(-n5c6ccccc6c6ccccc65)cc4)cc3)c3ccccc32)cc1. The van der Waals surface area contributed by atoms with Crippen molar-refractivity contribution in [3.8, 4) is 16.8 Å². The molecule has 0 aliphatic carbocycles. The number of hydrogen-bond acceptors (Lipinski definition) is 1. The van der Waals surface area contributed by atoms with Gasteiger partial charge in [0.2, 0.25) is 0 Å². The Balaban J connectivity index is 1.07. The standard InChI is InChI=1S/C48H34N2S/c1-3-15-39(16-4-1)51(40-17-5-2-6-18-40)47-25-13-11-23-45(47)50(46-24-12-14-26-48(46)51)38-33-29-36(30-34-38)35-27-31-37(32-28-35)49-43-21-9-7-19-41(43)42-20-8-10-22-44(42)49/h1-34H. The van der Waals surface area contributed by atoms with Gasteiger partial charge in [-0.2, -0.15) is 0 Å².